The number of benzene rings is 1. The summed E-state index contributed by atoms with van der Waals surface area (Å²) >= 11 is 0. The molecular formula is C17H24FN3. The summed E-state index contributed by atoms with van der Waals surface area (Å²) in [5.74, 6) is -0.149. The van der Waals surface area contributed by atoms with Gasteiger partial charge in [-0.2, -0.15) is 0 Å². The van der Waals surface area contributed by atoms with Crippen molar-refractivity contribution < 1.29 is 4.39 Å². The van der Waals surface area contributed by atoms with Crippen LogP contribution in [0, 0.1) is 5.82 Å². The first-order chi connectivity index (χ1) is 10.0. The second-order valence-corrected chi connectivity index (χ2v) is 6.40. The Labute approximate surface area is 125 Å². The molecule has 0 unspecified atom stereocenters. The van der Waals surface area contributed by atoms with Crippen molar-refractivity contribution >= 4 is 10.9 Å². The van der Waals surface area contributed by atoms with E-state index in [0.717, 1.165) is 43.6 Å². The number of rotatable bonds is 3. The van der Waals surface area contributed by atoms with Crippen molar-refractivity contribution in [1.82, 2.24) is 14.4 Å². The molecule has 1 aliphatic rings. The fourth-order valence-electron chi connectivity index (χ4n) is 3.10. The van der Waals surface area contributed by atoms with Crippen molar-refractivity contribution in [2.45, 2.75) is 26.4 Å². The van der Waals surface area contributed by atoms with Crippen LogP contribution in [0.1, 0.15) is 25.5 Å². The van der Waals surface area contributed by atoms with Gasteiger partial charge in [-0.15, -0.1) is 0 Å². The van der Waals surface area contributed by atoms with Gasteiger partial charge in [0.05, 0.1) is 0 Å². The molecule has 0 N–H and O–H groups in total. The highest BCUT2D eigenvalue weighted by Gasteiger charge is 2.17. The number of hydrogen-bond donors (Lipinski definition) is 0. The summed E-state index contributed by atoms with van der Waals surface area (Å²) in [7, 11) is 2.16. The van der Waals surface area contributed by atoms with Crippen LogP contribution in [0.2, 0.25) is 0 Å². The molecule has 0 bridgehead atoms. The maximum absolute atomic E-state index is 13.6. The lowest BCUT2D eigenvalue weighted by Gasteiger charge is -2.32. The fraction of sp³-hybridized carbons (Fsp3) is 0.529. The standard InChI is InChI=1S/C17H24FN3/c1-13(2)21-12-14(11-20-8-6-19(3)7-9-20)16-10-15(18)4-5-17(16)21/h4-5,10,12-13H,6-9,11H2,1-3H3. The molecule has 4 heteroatoms. The minimum absolute atomic E-state index is 0.149. The van der Waals surface area contributed by atoms with Gasteiger partial charge >= 0.3 is 0 Å². The Balaban J connectivity index is 1.92. The van der Waals surface area contributed by atoms with Crippen LogP contribution in [0.3, 0.4) is 0 Å². The molecule has 0 aliphatic carbocycles. The maximum Gasteiger partial charge on any atom is 0.123 e. The summed E-state index contributed by atoms with van der Waals surface area (Å²) in [6.07, 6.45) is 2.20. The smallest absolute Gasteiger partial charge is 0.123 e. The molecule has 0 atom stereocenters. The lowest BCUT2D eigenvalue weighted by molar-refractivity contribution is 0.148. The first kappa shape index (κ1) is 14.5. The molecule has 21 heavy (non-hydrogen) atoms. The average Bonchev–Trinajstić information content (AvgIpc) is 2.80. The van der Waals surface area contributed by atoms with Crippen molar-refractivity contribution in [2.75, 3.05) is 33.2 Å². The average molecular weight is 289 g/mol. The van der Waals surface area contributed by atoms with Crippen LogP contribution in [-0.4, -0.2) is 47.6 Å². The van der Waals surface area contributed by atoms with Crippen molar-refractivity contribution in [2.24, 2.45) is 0 Å². The second-order valence-electron chi connectivity index (χ2n) is 6.40. The predicted octanol–water partition coefficient (Wildman–Crippen LogP) is 3.11. The van der Waals surface area contributed by atoms with Crippen LogP contribution in [0.4, 0.5) is 4.39 Å². The van der Waals surface area contributed by atoms with Crippen LogP contribution in [0.15, 0.2) is 24.4 Å². The first-order valence-electron chi connectivity index (χ1n) is 7.74. The van der Waals surface area contributed by atoms with E-state index in [2.05, 4.69) is 41.5 Å². The zero-order chi connectivity index (χ0) is 15.0. The number of fused-ring (bicyclic) bond motifs is 1. The van der Waals surface area contributed by atoms with Crippen LogP contribution < -0.4 is 0 Å². The molecule has 2 heterocycles. The van der Waals surface area contributed by atoms with E-state index in [9.17, 15) is 4.39 Å². The molecule has 0 amide bonds. The SMILES string of the molecule is CC(C)n1cc(CN2CCN(C)CC2)c2cc(F)ccc21. The van der Waals surface area contributed by atoms with E-state index in [-0.39, 0.29) is 5.82 Å². The molecule has 1 saturated heterocycles. The van der Waals surface area contributed by atoms with Crippen LogP contribution >= 0.6 is 0 Å². The van der Waals surface area contributed by atoms with Gasteiger partial charge in [0.25, 0.3) is 0 Å². The van der Waals surface area contributed by atoms with E-state index in [4.69, 9.17) is 0 Å². The Kier molecular flexibility index (Phi) is 4.00. The van der Waals surface area contributed by atoms with E-state index < -0.39 is 0 Å². The lowest BCUT2D eigenvalue weighted by Crippen LogP contribution is -2.43. The Hall–Kier alpha value is -1.39. The molecule has 1 aromatic carbocycles. The number of piperazine rings is 1. The second kappa shape index (κ2) is 5.78. The third-order valence-electron chi connectivity index (χ3n) is 4.42. The van der Waals surface area contributed by atoms with Crippen LogP contribution in [0.25, 0.3) is 10.9 Å². The quantitative estimate of drug-likeness (QED) is 0.860. The Morgan fingerprint density at radius 3 is 2.52 bits per heavy atom. The van der Waals surface area contributed by atoms with Crippen molar-refractivity contribution in [1.29, 1.82) is 0 Å². The number of halogens is 1. The summed E-state index contributed by atoms with van der Waals surface area (Å²) in [4.78, 5) is 4.82. The number of nitrogens with zero attached hydrogens (tertiary/aromatic N) is 3. The molecule has 1 aromatic heterocycles. The largest absolute Gasteiger partial charge is 0.345 e. The van der Waals surface area contributed by atoms with Gasteiger partial charge in [0, 0.05) is 55.9 Å². The molecule has 114 valence electrons. The van der Waals surface area contributed by atoms with Gasteiger partial charge in [-0.1, -0.05) is 0 Å². The number of hydrogen-bond acceptors (Lipinski definition) is 2. The molecule has 1 aliphatic heterocycles. The van der Waals surface area contributed by atoms with Gasteiger partial charge in [0.1, 0.15) is 5.82 Å². The Bertz CT molecular complexity index is 624. The van der Waals surface area contributed by atoms with E-state index in [1.165, 1.54) is 5.56 Å². The van der Waals surface area contributed by atoms with Gasteiger partial charge < -0.3 is 9.47 Å². The van der Waals surface area contributed by atoms with E-state index in [1.807, 2.05) is 6.07 Å². The third kappa shape index (κ3) is 2.97. The van der Waals surface area contributed by atoms with E-state index in [1.54, 1.807) is 12.1 Å². The van der Waals surface area contributed by atoms with Gasteiger partial charge in [0.2, 0.25) is 0 Å². The molecule has 0 saturated carbocycles. The van der Waals surface area contributed by atoms with E-state index in [0.29, 0.717) is 6.04 Å². The lowest BCUT2D eigenvalue weighted by atomic mass is 10.1. The summed E-state index contributed by atoms with van der Waals surface area (Å²) in [6.45, 7) is 9.63. The molecule has 0 spiro atoms. The highest BCUT2D eigenvalue weighted by molar-refractivity contribution is 5.84. The van der Waals surface area contributed by atoms with Crippen molar-refractivity contribution in [3.63, 3.8) is 0 Å². The topological polar surface area (TPSA) is 11.4 Å². The summed E-state index contributed by atoms with van der Waals surface area (Å²) in [5.41, 5.74) is 2.37. The predicted molar refractivity (Wildman–Crippen MR) is 85.1 cm³/mol. The first-order valence-corrected chi connectivity index (χ1v) is 7.74. The van der Waals surface area contributed by atoms with Gasteiger partial charge in [-0.3, -0.25) is 4.90 Å². The fourth-order valence-corrected chi connectivity index (χ4v) is 3.10. The van der Waals surface area contributed by atoms with Gasteiger partial charge in [-0.25, -0.2) is 4.39 Å². The Morgan fingerprint density at radius 1 is 1.14 bits per heavy atom. The zero-order valence-electron chi connectivity index (χ0n) is 13.1. The number of aromatic nitrogens is 1. The molecular weight excluding hydrogens is 265 g/mol. The number of likely N-dealkylation sites (N-methyl/N-ethyl adjacent to an activating group) is 1. The van der Waals surface area contributed by atoms with Crippen LogP contribution in [0.5, 0.6) is 0 Å². The molecule has 0 radical (unpaired) electrons. The normalized spacial score (nSPS) is 18.0. The summed E-state index contributed by atoms with van der Waals surface area (Å²) in [5, 5.41) is 1.06. The third-order valence-corrected chi connectivity index (χ3v) is 4.42. The summed E-state index contributed by atoms with van der Waals surface area (Å²) in [6, 6.07) is 5.53. The zero-order valence-corrected chi connectivity index (χ0v) is 13.1. The van der Waals surface area contributed by atoms with Crippen molar-refractivity contribution in [3.8, 4) is 0 Å². The summed E-state index contributed by atoms with van der Waals surface area (Å²) < 4.78 is 15.9. The minimum Gasteiger partial charge on any atom is -0.345 e. The highest BCUT2D eigenvalue weighted by Crippen LogP contribution is 2.26. The highest BCUT2D eigenvalue weighted by atomic mass is 19.1. The maximum atomic E-state index is 13.6. The van der Waals surface area contributed by atoms with Gasteiger partial charge in [-0.05, 0) is 44.7 Å². The molecule has 2 aromatic rings. The molecule has 3 nitrogen and oxygen atoms in total. The van der Waals surface area contributed by atoms with Crippen molar-refractivity contribution in [3.05, 3.63) is 35.8 Å². The molecule has 3 rings (SSSR count). The van der Waals surface area contributed by atoms with Crippen LogP contribution in [-0.2, 0) is 6.54 Å². The van der Waals surface area contributed by atoms with Gasteiger partial charge in [0.15, 0.2) is 0 Å². The Morgan fingerprint density at radius 2 is 1.86 bits per heavy atom. The minimum atomic E-state index is -0.149. The van der Waals surface area contributed by atoms with E-state index >= 15 is 0 Å². The molecule has 1 fully saturated rings. The monoisotopic (exact) mass is 289 g/mol.